The summed E-state index contributed by atoms with van der Waals surface area (Å²) in [5.41, 5.74) is 2.67. The van der Waals surface area contributed by atoms with E-state index in [4.69, 9.17) is 21.1 Å². The lowest BCUT2D eigenvalue weighted by Crippen LogP contribution is -2.15. The average molecular weight is 433 g/mol. The minimum atomic E-state index is -0.229. The lowest BCUT2D eigenvalue weighted by atomic mass is 10.1. The largest absolute Gasteiger partial charge is 0.495 e. The molecule has 0 aliphatic heterocycles. The molecule has 29 heavy (non-hydrogen) atoms. The Bertz CT molecular complexity index is 992. The topological polar surface area (TPSA) is 89.1 Å². The number of hydrogen-bond donors (Lipinski definition) is 2. The summed E-state index contributed by atoms with van der Waals surface area (Å²) in [5, 5.41) is 10.7. The van der Waals surface area contributed by atoms with Crippen LogP contribution in [-0.4, -0.2) is 41.1 Å². The molecule has 0 aliphatic rings. The monoisotopic (exact) mass is 432 g/mol. The lowest BCUT2D eigenvalue weighted by Gasteiger charge is -2.12. The van der Waals surface area contributed by atoms with E-state index in [2.05, 4.69) is 39.6 Å². The minimum absolute atomic E-state index is 0.138. The SMILES string of the molecule is CCc1ccc(-c2nc(SCC(=O)Nc3cc(Cl)c(OC)cc3OC)n[nH]2)cc1. The van der Waals surface area contributed by atoms with Crippen LogP contribution in [0.15, 0.2) is 41.6 Å². The van der Waals surface area contributed by atoms with Crippen LogP contribution in [0.2, 0.25) is 5.02 Å². The van der Waals surface area contributed by atoms with Crippen molar-refractivity contribution in [1.29, 1.82) is 0 Å². The molecule has 0 unspecified atom stereocenters. The van der Waals surface area contributed by atoms with E-state index in [0.29, 0.717) is 33.2 Å². The number of amides is 1. The molecule has 0 spiro atoms. The van der Waals surface area contributed by atoms with Gasteiger partial charge in [0.05, 0.1) is 30.7 Å². The number of H-pyrrole nitrogens is 1. The van der Waals surface area contributed by atoms with Gasteiger partial charge in [-0.15, -0.1) is 5.10 Å². The number of anilines is 1. The fourth-order valence-corrected chi connectivity index (χ4v) is 3.45. The summed E-state index contributed by atoms with van der Waals surface area (Å²) >= 11 is 7.37. The van der Waals surface area contributed by atoms with E-state index < -0.39 is 0 Å². The molecular weight excluding hydrogens is 412 g/mol. The summed E-state index contributed by atoms with van der Waals surface area (Å²) in [7, 11) is 3.02. The van der Waals surface area contributed by atoms with Crippen molar-refractivity contribution in [3.63, 3.8) is 0 Å². The van der Waals surface area contributed by atoms with Crippen molar-refractivity contribution in [2.45, 2.75) is 18.5 Å². The molecule has 0 radical (unpaired) electrons. The first-order chi connectivity index (χ1) is 14.0. The Hall–Kier alpha value is -2.71. The number of methoxy groups -OCH3 is 2. The van der Waals surface area contributed by atoms with Crippen LogP contribution in [-0.2, 0) is 11.2 Å². The third-order valence-electron chi connectivity index (χ3n) is 4.18. The standard InChI is InChI=1S/C20H21ClN4O3S/c1-4-12-5-7-13(8-6-12)19-23-20(25-24-19)29-11-18(26)22-15-9-14(21)16(27-2)10-17(15)28-3/h5-10H,4,11H2,1-3H3,(H,22,26)(H,23,24,25). The zero-order chi connectivity index (χ0) is 20.8. The van der Waals surface area contributed by atoms with Gasteiger partial charge >= 0.3 is 0 Å². The molecule has 0 fully saturated rings. The summed E-state index contributed by atoms with van der Waals surface area (Å²) in [6, 6.07) is 11.3. The number of aromatic nitrogens is 3. The first-order valence-electron chi connectivity index (χ1n) is 8.90. The number of rotatable bonds is 8. The highest BCUT2D eigenvalue weighted by molar-refractivity contribution is 7.99. The number of hydrogen-bond acceptors (Lipinski definition) is 6. The fourth-order valence-electron chi connectivity index (χ4n) is 2.61. The minimum Gasteiger partial charge on any atom is -0.495 e. The first-order valence-corrected chi connectivity index (χ1v) is 10.3. The Morgan fingerprint density at radius 2 is 1.90 bits per heavy atom. The molecule has 2 N–H and O–H groups in total. The van der Waals surface area contributed by atoms with E-state index in [-0.39, 0.29) is 11.7 Å². The Kier molecular flexibility index (Phi) is 7.00. The van der Waals surface area contributed by atoms with Crippen LogP contribution >= 0.6 is 23.4 Å². The van der Waals surface area contributed by atoms with E-state index in [1.165, 1.54) is 31.5 Å². The van der Waals surface area contributed by atoms with Crippen LogP contribution in [0.5, 0.6) is 11.5 Å². The highest BCUT2D eigenvalue weighted by Crippen LogP contribution is 2.36. The second kappa shape index (κ2) is 9.67. The highest BCUT2D eigenvalue weighted by atomic mass is 35.5. The smallest absolute Gasteiger partial charge is 0.234 e. The van der Waals surface area contributed by atoms with Crippen LogP contribution in [0.3, 0.4) is 0 Å². The molecule has 1 heterocycles. The molecule has 0 aliphatic carbocycles. The van der Waals surface area contributed by atoms with E-state index in [1.807, 2.05) is 12.1 Å². The van der Waals surface area contributed by atoms with Crippen molar-refractivity contribution < 1.29 is 14.3 Å². The van der Waals surface area contributed by atoms with E-state index in [0.717, 1.165) is 12.0 Å². The number of nitrogens with one attached hydrogen (secondary N) is 2. The van der Waals surface area contributed by atoms with Crippen LogP contribution in [0.4, 0.5) is 5.69 Å². The van der Waals surface area contributed by atoms with Gasteiger partial charge in [0.2, 0.25) is 11.1 Å². The van der Waals surface area contributed by atoms with E-state index >= 15 is 0 Å². The van der Waals surface area contributed by atoms with Gasteiger partial charge in [0.1, 0.15) is 11.5 Å². The molecule has 3 aromatic rings. The van der Waals surface area contributed by atoms with Gasteiger partial charge in [0.25, 0.3) is 0 Å². The maximum atomic E-state index is 12.3. The first kappa shape index (κ1) is 21.0. The summed E-state index contributed by atoms with van der Waals surface area (Å²) in [6.45, 7) is 2.11. The number of aromatic amines is 1. The lowest BCUT2D eigenvalue weighted by molar-refractivity contribution is -0.113. The number of carbonyl (C=O) groups is 1. The second-order valence-electron chi connectivity index (χ2n) is 6.04. The molecule has 1 aromatic heterocycles. The van der Waals surface area contributed by atoms with Crippen molar-refractivity contribution >= 4 is 35.0 Å². The van der Waals surface area contributed by atoms with Gasteiger partial charge in [0, 0.05) is 11.6 Å². The molecule has 0 saturated carbocycles. The highest BCUT2D eigenvalue weighted by Gasteiger charge is 2.14. The van der Waals surface area contributed by atoms with Crippen LogP contribution in [0.1, 0.15) is 12.5 Å². The fraction of sp³-hybridized carbons (Fsp3) is 0.250. The summed E-state index contributed by atoms with van der Waals surface area (Å²) in [5.74, 6) is 1.50. The normalized spacial score (nSPS) is 10.6. The quantitative estimate of drug-likeness (QED) is 0.511. The Labute approximate surface area is 178 Å². The molecular formula is C20H21ClN4O3S. The van der Waals surface area contributed by atoms with Gasteiger partial charge in [-0.2, -0.15) is 0 Å². The van der Waals surface area contributed by atoms with Gasteiger partial charge < -0.3 is 14.8 Å². The molecule has 2 aromatic carbocycles. The molecule has 0 saturated heterocycles. The number of aryl methyl sites for hydroxylation is 1. The number of benzene rings is 2. The molecule has 152 valence electrons. The molecule has 3 rings (SSSR count). The number of carbonyl (C=O) groups excluding carboxylic acids is 1. The Balaban J connectivity index is 1.61. The number of halogens is 1. The van der Waals surface area contributed by atoms with Gasteiger partial charge in [0.15, 0.2) is 5.82 Å². The maximum absolute atomic E-state index is 12.3. The van der Waals surface area contributed by atoms with Gasteiger partial charge in [-0.1, -0.05) is 54.6 Å². The number of nitrogens with zero attached hydrogens (tertiary/aromatic N) is 2. The predicted molar refractivity (Wildman–Crippen MR) is 115 cm³/mol. The second-order valence-corrected chi connectivity index (χ2v) is 7.39. The Morgan fingerprint density at radius 3 is 2.55 bits per heavy atom. The van der Waals surface area contributed by atoms with Crippen molar-refractivity contribution in [2.24, 2.45) is 0 Å². The average Bonchev–Trinajstić information content (AvgIpc) is 3.21. The van der Waals surface area contributed by atoms with Crippen molar-refractivity contribution in [2.75, 3.05) is 25.3 Å². The van der Waals surface area contributed by atoms with Crippen molar-refractivity contribution in [3.8, 4) is 22.9 Å². The zero-order valence-electron chi connectivity index (χ0n) is 16.3. The zero-order valence-corrected chi connectivity index (χ0v) is 17.9. The maximum Gasteiger partial charge on any atom is 0.234 e. The third kappa shape index (κ3) is 5.21. The third-order valence-corrected chi connectivity index (χ3v) is 5.32. The molecule has 0 atom stereocenters. The predicted octanol–water partition coefficient (Wildman–Crippen LogP) is 4.44. The van der Waals surface area contributed by atoms with E-state index in [9.17, 15) is 4.79 Å². The van der Waals surface area contributed by atoms with Gasteiger partial charge in [-0.25, -0.2) is 4.98 Å². The van der Waals surface area contributed by atoms with Crippen LogP contribution in [0.25, 0.3) is 11.4 Å². The molecule has 0 bridgehead atoms. The molecule has 7 nitrogen and oxygen atoms in total. The van der Waals surface area contributed by atoms with Crippen molar-refractivity contribution in [3.05, 3.63) is 47.0 Å². The van der Waals surface area contributed by atoms with E-state index in [1.54, 1.807) is 12.1 Å². The van der Waals surface area contributed by atoms with Crippen LogP contribution in [0, 0.1) is 0 Å². The summed E-state index contributed by atoms with van der Waals surface area (Å²) in [6.07, 6.45) is 0.983. The van der Waals surface area contributed by atoms with Crippen LogP contribution < -0.4 is 14.8 Å². The van der Waals surface area contributed by atoms with Gasteiger partial charge in [-0.3, -0.25) is 9.89 Å². The number of thioether (sulfide) groups is 1. The van der Waals surface area contributed by atoms with Crippen molar-refractivity contribution in [1.82, 2.24) is 15.2 Å². The molecule has 1 amide bonds. The summed E-state index contributed by atoms with van der Waals surface area (Å²) < 4.78 is 10.4. The molecule has 9 heteroatoms. The summed E-state index contributed by atoms with van der Waals surface area (Å²) in [4.78, 5) is 16.8. The Morgan fingerprint density at radius 1 is 1.17 bits per heavy atom. The van der Waals surface area contributed by atoms with Gasteiger partial charge in [-0.05, 0) is 18.1 Å². The number of ether oxygens (including phenoxy) is 2.